The summed E-state index contributed by atoms with van der Waals surface area (Å²) in [4.78, 5) is 0. The smallest absolute Gasteiger partial charge is 0.0531 e. The molecule has 3 rings (SSSR count). The van der Waals surface area contributed by atoms with Gasteiger partial charge < -0.3 is 4.40 Å². The molecular weight excluding hydrogens is 194 g/mol. The maximum atomic E-state index is 2.24. The molecule has 1 aromatic carbocycles. The maximum absolute atomic E-state index is 2.24. The van der Waals surface area contributed by atoms with E-state index in [0.717, 1.165) is 0 Å². The Morgan fingerprint density at radius 3 is 2.44 bits per heavy atom. The number of rotatable bonds is 1. The third-order valence-electron chi connectivity index (χ3n) is 2.95. The van der Waals surface area contributed by atoms with Gasteiger partial charge in [-0.1, -0.05) is 36.4 Å². The summed E-state index contributed by atoms with van der Waals surface area (Å²) in [5.74, 6) is 0. The molecule has 0 amide bonds. The average Bonchev–Trinajstić information content (AvgIpc) is 2.69. The fourth-order valence-corrected chi connectivity index (χ4v) is 2.15. The van der Waals surface area contributed by atoms with E-state index in [-0.39, 0.29) is 0 Å². The highest BCUT2D eigenvalue weighted by atomic mass is 14.9. The van der Waals surface area contributed by atoms with Gasteiger partial charge in [-0.25, -0.2) is 0 Å². The fraction of sp³-hybridized carbons (Fsp3) is 0.0667. The molecular formula is C15H13N. The molecule has 0 aliphatic heterocycles. The van der Waals surface area contributed by atoms with Gasteiger partial charge in [0.05, 0.1) is 5.69 Å². The van der Waals surface area contributed by atoms with Crippen molar-refractivity contribution >= 4 is 5.52 Å². The van der Waals surface area contributed by atoms with Crippen LogP contribution < -0.4 is 0 Å². The standard InChI is InChI=1S/C15H13N/c1-12-11-15(13-7-3-2-4-8-13)16-10-6-5-9-14(12)16/h2-11H,1H3. The van der Waals surface area contributed by atoms with Gasteiger partial charge in [0.1, 0.15) is 0 Å². The second-order valence-electron chi connectivity index (χ2n) is 4.03. The van der Waals surface area contributed by atoms with Crippen LogP contribution in [0.25, 0.3) is 16.8 Å². The molecule has 0 aliphatic carbocycles. The summed E-state index contributed by atoms with van der Waals surface area (Å²) in [6.45, 7) is 2.15. The zero-order valence-electron chi connectivity index (χ0n) is 9.22. The molecule has 3 aromatic rings. The molecule has 0 atom stereocenters. The lowest BCUT2D eigenvalue weighted by Crippen LogP contribution is -1.86. The largest absolute Gasteiger partial charge is 0.316 e. The van der Waals surface area contributed by atoms with Crippen molar-refractivity contribution in [3.05, 3.63) is 66.4 Å². The van der Waals surface area contributed by atoms with E-state index in [1.54, 1.807) is 0 Å². The van der Waals surface area contributed by atoms with Crippen LogP contribution in [0.5, 0.6) is 0 Å². The predicted octanol–water partition coefficient (Wildman–Crippen LogP) is 3.91. The summed E-state index contributed by atoms with van der Waals surface area (Å²) < 4.78 is 2.24. The number of hydrogen-bond acceptors (Lipinski definition) is 0. The minimum absolute atomic E-state index is 1.26. The van der Waals surface area contributed by atoms with E-state index in [1.165, 1.54) is 22.3 Å². The van der Waals surface area contributed by atoms with Gasteiger partial charge in [0, 0.05) is 11.7 Å². The van der Waals surface area contributed by atoms with Gasteiger partial charge >= 0.3 is 0 Å². The van der Waals surface area contributed by atoms with Crippen LogP contribution in [0, 0.1) is 6.92 Å². The number of aromatic nitrogens is 1. The van der Waals surface area contributed by atoms with Gasteiger partial charge in [-0.2, -0.15) is 0 Å². The highest BCUT2D eigenvalue weighted by molar-refractivity contribution is 5.70. The van der Waals surface area contributed by atoms with E-state index in [9.17, 15) is 0 Å². The molecule has 16 heavy (non-hydrogen) atoms. The van der Waals surface area contributed by atoms with E-state index in [0.29, 0.717) is 0 Å². The molecule has 1 nitrogen and oxygen atoms in total. The summed E-state index contributed by atoms with van der Waals surface area (Å²) in [7, 11) is 0. The van der Waals surface area contributed by atoms with E-state index < -0.39 is 0 Å². The van der Waals surface area contributed by atoms with Crippen molar-refractivity contribution in [1.82, 2.24) is 4.40 Å². The average molecular weight is 207 g/mol. The van der Waals surface area contributed by atoms with Crippen LogP contribution in [0.3, 0.4) is 0 Å². The molecule has 0 spiro atoms. The van der Waals surface area contributed by atoms with E-state index >= 15 is 0 Å². The van der Waals surface area contributed by atoms with Crippen LogP contribution in [0.1, 0.15) is 5.56 Å². The second kappa shape index (κ2) is 3.53. The van der Waals surface area contributed by atoms with Gasteiger partial charge in [0.25, 0.3) is 0 Å². The van der Waals surface area contributed by atoms with E-state index in [4.69, 9.17) is 0 Å². The monoisotopic (exact) mass is 207 g/mol. The van der Waals surface area contributed by atoms with Gasteiger partial charge in [0.2, 0.25) is 0 Å². The Morgan fingerprint density at radius 2 is 1.62 bits per heavy atom. The zero-order chi connectivity index (χ0) is 11.0. The van der Waals surface area contributed by atoms with Crippen LogP contribution in [-0.4, -0.2) is 4.40 Å². The van der Waals surface area contributed by atoms with Crippen LogP contribution in [0.4, 0.5) is 0 Å². The minimum Gasteiger partial charge on any atom is -0.316 e. The number of hydrogen-bond donors (Lipinski definition) is 0. The lowest BCUT2D eigenvalue weighted by atomic mass is 10.1. The zero-order valence-corrected chi connectivity index (χ0v) is 9.22. The van der Waals surface area contributed by atoms with Crippen molar-refractivity contribution in [3.63, 3.8) is 0 Å². The number of benzene rings is 1. The highest BCUT2D eigenvalue weighted by Gasteiger charge is 2.06. The molecule has 0 aliphatic rings. The van der Waals surface area contributed by atoms with Gasteiger partial charge in [-0.15, -0.1) is 0 Å². The molecule has 0 saturated heterocycles. The Morgan fingerprint density at radius 1 is 0.875 bits per heavy atom. The van der Waals surface area contributed by atoms with Crippen LogP contribution in [-0.2, 0) is 0 Å². The first kappa shape index (κ1) is 9.22. The lowest BCUT2D eigenvalue weighted by Gasteiger charge is -2.02. The van der Waals surface area contributed by atoms with Crippen molar-refractivity contribution in [2.75, 3.05) is 0 Å². The molecule has 2 aromatic heterocycles. The summed E-state index contributed by atoms with van der Waals surface area (Å²) in [6, 6.07) is 19.0. The van der Waals surface area contributed by atoms with Crippen LogP contribution in [0.2, 0.25) is 0 Å². The van der Waals surface area contributed by atoms with Crippen LogP contribution in [0.15, 0.2) is 60.8 Å². The molecule has 78 valence electrons. The Bertz CT molecular complexity index is 620. The molecule has 0 fully saturated rings. The van der Waals surface area contributed by atoms with Crippen molar-refractivity contribution in [2.24, 2.45) is 0 Å². The number of pyridine rings is 1. The molecule has 0 unspecified atom stereocenters. The number of nitrogens with zero attached hydrogens (tertiary/aromatic N) is 1. The molecule has 1 heteroatoms. The van der Waals surface area contributed by atoms with E-state index in [2.05, 4.69) is 66.1 Å². The second-order valence-corrected chi connectivity index (χ2v) is 4.03. The van der Waals surface area contributed by atoms with Crippen molar-refractivity contribution in [3.8, 4) is 11.3 Å². The van der Waals surface area contributed by atoms with E-state index in [1.807, 2.05) is 6.07 Å². The lowest BCUT2D eigenvalue weighted by molar-refractivity contribution is 1.20. The molecule has 0 N–H and O–H groups in total. The fourth-order valence-electron chi connectivity index (χ4n) is 2.15. The quantitative estimate of drug-likeness (QED) is 0.569. The third kappa shape index (κ3) is 1.33. The summed E-state index contributed by atoms with van der Waals surface area (Å²) in [5, 5.41) is 0. The van der Waals surface area contributed by atoms with Crippen molar-refractivity contribution in [1.29, 1.82) is 0 Å². The Balaban J connectivity index is 2.33. The van der Waals surface area contributed by atoms with Gasteiger partial charge in [0.15, 0.2) is 0 Å². The predicted molar refractivity (Wildman–Crippen MR) is 67.6 cm³/mol. The topological polar surface area (TPSA) is 4.41 Å². The minimum atomic E-state index is 1.26. The Hall–Kier alpha value is -2.02. The normalized spacial score (nSPS) is 10.8. The molecule has 0 saturated carbocycles. The van der Waals surface area contributed by atoms with Crippen LogP contribution >= 0.6 is 0 Å². The molecule has 0 bridgehead atoms. The molecule has 2 heterocycles. The van der Waals surface area contributed by atoms with Gasteiger partial charge in [-0.05, 0) is 36.2 Å². The first-order valence-electron chi connectivity index (χ1n) is 5.48. The highest BCUT2D eigenvalue weighted by Crippen LogP contribution is 2.25. The van der Waals surface area contributed by atoms with Crippen molar-refractivity contribution < 1.29 is 0 Å². The SMILES string of the molecule is Cc1cc(-c2ccccc2)n2ccccc12. The first-order valence-corrected chi connectivity index (χ1v) is 5.48. The Kier molecular flexibility index (Phi) is 2.03. The number of aryl methyl sites for hydroxylation is 1. The summed E-state index contributed by atoms with van der Waals surface area (Å²) in [5.41, 5.74) is 5.12. The van der Waals surface area contributed by atoms with Gasteiger partial charge in [-0.3, -0.25) is 0 Å². The third-order valence-corrected chi connectivity index (χ3v) is 2.95. The Labute approximate surface area is 95.0 Å². The summed E-state index contributed by atoms with van der Waals surface area (Å²) >= 11 is 0. The first-order chi connectivity index (χ1) is 7.86. The summed E-state index contributed by atoms with van der Waals surface area (Å²) in [6.07, 6.45) is 2.12. The number of fused-ring (bicyclic) bond motifs is 1. The molecule has 0 radical (unpaired) electrons. The maximum Gasteiger partial charge on any atom is 0.0531 e. The van der Waals surface area contributed by atoms with Crippen molar-refractivity contribution in [2.45, 2.75) is 6.92 Å².